The van der Waals surface area contributed by atoms with Crippen LogP contribution in [0.15, 0.2) is 29.2 Å². The van der Waals surface area contributed by atoms with Crippen molar-refractivity contribution in [2.45, 2.75) is 40.2 Å². The maximum atomic E-state index is 12.4. The molecule has 0 aliphatic carbocycles. The topological polar surface area (TPSA) is 48.3 Å². The van der Waals surface area contributed by atoms with Gasteiger partial charge in [-0.3, -0.25) is 9.59 Å². The zero-order valence-corrected chi connectivity index (χ0v) is 15.7. The molecule has 0 radical (unpaired) electrons. The number of fused-ring (bicyclic) bond motifs is 3. The number of ether oxygens (including phenoxy) is 1. The summed E-state index contributed by atoms with van der Waals surface area (Å²) in [7, 11) is 0. The Labute approximate surface area is 152 Å². The normalized spacial score (nSPS) is 16.0. The molecule has 0 fully saturated rings. The predicted molar refractivity (Wildman–Crippen MR) is 99.9 cm³/mol. The van der Waals surface area contributed by atoms with Gasteiger partial charge in [-0.25, -0.2) is 0 Å². The van der Waals surface area contributed by atoms with Gasteiger partial charge in [0.05, 0.1) is 17.3 Å². The number of carbonyl (C=O) groups excluding carboxylic acids is 1. The van der Waals surface area contributed by atoms with Gasteiger partial charge in [-0.05, 0) is 43.9 Å². The Morgan fingerprint density at radius 1 is 1.36 bits per heavy atom. The highest BCUT2D eigenvalue weighted by molar-refractivity contribution is 6.31. The van der Waals surface area contributed by atoms with E-state index < -0.39 is 0 Å². The Morgan fingerprint density at radius 3 is 2.72 bits per heavy atom. The summed E-state index contributed by atoms with van der Waals surface area (Å²) in [6, 6.07) is 5.31. The number of aryl methyl sites for hydroxylation is 1. The average Bonchev–Trinajstić information content (AvgIpc) is 2.65. The van der Waals surface area contributed by atoms with Crippen molar-refractivity contribution in [3.63, 3.8) is 0 Å². The van der Waals surface area contributed by atoms with Gasteiger partial charge in [0.2, 0.25) is 0 Å². The first kappa shape index (κ1) is 17.7. The van der Waals surface area contributed by atoms with E-state index in [1.165, 1.54) is 13.0 Å². The number of ketones is 1. The summed E-state index contributed by atoms with van der Waals surface area (Å²) in [6.07, 6.45) is 2.56. The summed E-state index contributed by atoms with van der Waals surface area (Å²) < 4.78 is 8.06. The quantitative estimate of drug-likeness (QED) is 0.749. The minimum atomic E-state index is -0.272. The molecular formula is C20H22ClNO3. The van der Waals surface area contributed by atoms with Crippen molar-refractivity contribution in [3.05, 3.63) is 50.8 Å². The molecule has 0 amide bonds. The Balaban J connectivity index is 2.29. The van der Waals surface area contributed by atoms with Crippen LogP contribution in [0.5, 0.6) is 5.75 Å². The lowest BCUT2D eigenvalue weighted by atomic mass is 10.0. The molecule has 1 aliphatic rings. The first-order chi connectivity index (χ1) is 11.8. The van der Waals surface area contributed by atoms with Gasteiger partial charge in [-0.1, -0.05) is 25.4 Å². The van der Waals surface area contributed by atoms with E-state index in [1.54, 1.807) is 6.20 Å². The minimum absolute atomic E-state index is 0.0418. The molecule has 1 aliphatic heterocycles. The van der Waals surface area contributed by atoms with Crippen LogP contribution in [0.25, 0.3) is 11.3 Å². The van der Waals surface area contributed by atoms with Crippen molar-refractivity contribution >= 4 is 17.4 Å². The molecule has 5 heteroatoms. The monoisotopic (exact) mass is 359 g/mol. The molecule has 25 heavy (non-hydrogen) atoms. The number of nitrogens with zero attached hydrogens (tertiary/aromatic N) is 1. The number of aromatic nitrogens is 1. The standard InChI is InChI=1S/C20H22ClNO3/c1-11(2)5-14-10-25-20-6-12(3)17(21)7-15(20)18-8-19(24)16(13(4)23)9-22(14)18/h6-9,11,14H,5,10H2,1-4H3/t14-/m0/s1. The first-order valence-corrected chi connectivity index (χ1v) is 8.86. The molecule has 0 N–H and O–H groups in total. The first-order valence-electron chi connectivity index (χ1n) is 8.48. The van der Waals surface area contributed by atoms with Gasteiger partial charge in [0.1, 0.15) is 12.4 Å². The van der Waals surface area contributed by atoms with Crippen molar-refractivity contribution in [1.29, 1.82) is 0 Å². The number of rotatable bonds is 3. The third-order valence-corrected chi connectivity index (χ3v) is 4.97. The van der Waals surface area contributed by atoms with Crippen molar-refractivity contribution in [2.75, 3.05) is 6.61 Å². The molecule has 4 nitrogen and oxygen atoms in total. The Kier molecular flexibility index (Phi) is 4.74. The van der Waals surface area contributed by atoms with E-state index >= 15 is 0 Å². The predicted octanol–water partition coefficient (Wildman–Crippen LogP) is 4.66. The van der Waals surface area contributed by atoms with Crippen LogP contribution in [-0.4, -0.2) is 17.0 Å². The number of halogens is 1. The Hall–Kier alpha value is -2.07. The molecule has 0 bridgehead atoms. The van der Waals surface area contributed by atoms with Crippen LogP contribution >= 0.6 is 11.6 Å². The number of carbonyl (C=O) groups is 1. The van der Waals surface area contributed by atoms with Gasteiger partial charge in [0.25, 0.3) is 0 Å². The van der Waals surface area contributed by atoms with E-state index in [2.05, 4.69) is 13.8 Å². The summed E-state index contributed by atoms with van der Waals surface area (Å²) in [5.41, 5.74) is 2.40. The maximum Gasteiger partial charge on any atom is 0.192 e. The largest absolute Gasteiger partial charge is 0.491 e. The number of hydrogen-bond acceptors (Lipinski definition) is 3. The van der Waals surface area contributed by atoms with Crippen molar-refractivity contribution in [3.8, 4) is 17.0 Å². The molecule has 0 saturated heterocycles. The highest BCUT2D eigenvalue weighted by atomic mass is 35.5. The number of hydrogen-bond donors (Lipinski definition) is 0. The van der Waals surface area contributed by atoms with E-state index in [0.29, 0.717) is 17.5 Å². The fourth-order valence-electron chi connectivity index (χ4n) is 3.30. The summed E-state index contributed by atoms with van der Waals surface area (Å²) in [5.74, 6) is 0.945. The molecule has 0 unspecified atom stereocenters. The lowest BCUT2D eigenvalue weighted by Crippen LogP contribution is -2.23. The van der Waals surface area contributed by atoms with Gasteiger partial charge in [-0.15, -0.1) is 0 Å². The van der Waals surface area contributed by atoms with E-state index in [9.17, 15) is 9.59 Å². The fraction of sp³-hybridized carbons (Fsp3) is 0.400. The van der Waals surface area contributed by atoms with Crippen molar-refractivity contribution in [1.82, 2.24) is 4.57 Å². The molecule has 2 heterocycles. The van der Waals surface area contributed by atoms with Gasteiger partial charge < -0.3 is 9.30 Å². The SMILES string of the molecule is CC(=O)c1cn2c(cc1=O)-c1cc(Cl)c(C)cc1OC[C@@H]2CC(C)C. The average molecular weight is 360 g/mol. The molecule has 0 spiro atoms. The molecule has 0 saturated carbocycles. The Bertz CT molecular complexity index is 899. The lowest BCUT2D eigenvalue weighted by Gasteiger charge is -2.23. The van der Waals surface area contributed by atoms with Crippen LogP contribution in [-0.2, 0) is 0 Å². The van der Waals surface area contributed by atoms with Crippen LogP contribution in [0.3, 0.4) is 0 Å². The molecule has 132 valence electrons. The number of benzene rings is 1. The van der Waals surface area contributed by atoms with E-state index in [0.717, 1.165) is 29.0 Å². The van der Waals surface area contributed by atoms with Crippen LogP contribution < -0.4 is 10.2 Å². The van der Waals surface area contributed by atoms with Crippen LogP contribution in [0.4, 0.5) is 0 Å². The van der Waals surface area contributed by atoms with Crippen molar-refractivity contribution in [2.24, 2.45) is 5.92 Å². The lowest BCUT2D eigenvalue weighted by molar-refractivity contribution is 0.101. The second-order valence-electron chi connectivity index (χ2n) is 7.09. The van der Waals surface area contributed by atoms with Crippen LogP contribution in [0.2, 0.25) is 5.02 Å². The highest BCUT2D eigenvalue weighted by Gasteiger charge is 2.25. The molecule has 1 aromatic heterocycles. The van der Waals surface area contributed by atoms with Crippen molar-refractivity contribution < 1.29 is 9.53 Å². The van der Waals surface area contributed by atoms with Gasteiger partial charge >= 0.3 is 0 Å². The molecular weight excluding hydrogens is 338 g/mol. The zero-order chi connectivity index (χ0) is 18.3. The molecule has 3 rings (SSSR count). The highest BCUT2D eigenvalue weighted by Crippen LogP contribution is 2.39. The number of Topliss-reactive ketones (excluding diaryl/α,β-unsaturated/α-hetero) is 1. The summed E-state index contributed by atoms with van der Waals surface area (Å²) in [6.45, 7) is 8.12. The van der Waals surface area contributed by atoms with Crippen LogP contribution in [0.1, 0.15) is 49.2 Å². The summed E-state index contributed by atoms with van der Waals surface area (Å²) in [5, 5.41) is 0.624. The second kappa shape index (κ2) is 6.68. The minimum Gasteiger partial charge on any atom is -0.491 e. The zero-order valence-electron chi connectivity index (χ0n) is 14.9. The number of pyridine rings is 1. The fourth-order valence-corrected chi connectivity index (χ4v) is 3.46. The van der Waals surface area contributed by atoms with Gasteiger partial charge in [0, 0.05) is 22.8 Å². The Morgan fingerprint density at radius 2 is 2.08 bits per heavy atom. The van der Waals surface area contributed by atoms with Gasteiger partial charge in [0.15, 0.2) is 11.2 Å². The van der Waals surface area contributed by atoms with E-state index in [-0.39, 0.29) is 22.8 Å². The third kappa shape index (κ3) is 3.36. The summed E-state index contributed by atoms with van der Waals surface area (Å²) >= 11 is 6.31. The maximum absolute atomic E-state index is 12.4. The third-order valence-electron chi connectivity index (χ3n) is 4.56. The van der Waals surface area contributed by atoms with E-state index in [1.807, 2.05) is 23.6 Å². The smallest absolute Gasteiger partial charge is 0.192 e. The summed E-state index contributed by atoms with van der Waals surface area (Å²) in [4.78, 5) is 24.3. The second-order valence-corrected chi connectivity index (χ2v) is 7.50. The van der Waals surface area contributed by atoms with Crippen LogP contribution in [0, 0.1) is 12.8 Å². The molecule has 1 atom stereocenters. The van der Waals surface area contributed by atoms with Gasteiger partial charge in [-0.2, -0.15) is 0 Å². The van der Waals surface area contributed by atoms with E-state index in [4.69, 9.17) is 16.3 Å². The molecule has 1 aromatic carbocycles. The molecule has 2 aromatic rings.